The van der Waals surface area contributed by atoms with Crippen LogP contribution in [-0.4, -0.2) is 22.3 Å². The Morgan fingerprint density at radius 2 is 1.64 bits per heavy atom. The molecule has 1 aromatic heterocycles. The summed E-state index contributed by atoms with van der Waals surface area (Å²) in [4.78, 5) is 4.07. The number of hydrogen-bond donors (Lipinski definition) is 0. The highest BCUT2D eigenvalue weighted by Crippen LogP contribution is 2.17. The van der Waals surface area contributed by atoms with Crippen LogP contribution >= 0.6 is 23.2 Å². The van der Waals surface area contributed by atoms with Gasteiger partial charge in [0.1, 0.15) is 18.5 Å². The molecule has 25 heavy (non-hydrogen) atoms. The predicted molar refractivity (Wildman–Crippen MR) is 99.2 cm³/mol. The number of rotatable bonds is 8. The number of benzene rings is 2. The number of hydrogen-bond acceptors (Lipinski definition) is 3. The van der Waals surface area contributed by atoms with E-state index in [4.69, 9.17) is 32.7 Å². The summed E-state index contributed by atoms with van der Waals surface area (Å²) in [5.41, 5.74) is 1.06. The first-order valence-electron chi connectivity index (χ1n) is 7.89. The van der Waals surface area contributed by atoms with Crippen LogP contribution in [0.1, 0.15) is 5.56 Å². The lowest BCUT2D eigenvalue weighted by Crippen LogP contribution is -2.26. The Labute approximate surface area is 156 Å². The molecule has 1 heterocycles. The number of aromatic nitrogens is 2. The third-order valence-electron chi connectivity index (χ3n) is 3.62. The number of halogens is 2. The van der Waals surface area contributed by atoms with E-state index in [1.54, 1.807) is 24.7 Å². The summed E-state index contributed by atoms with van der Waals surface area (Å²) in [6, 6.07) is 14.9. The van der Waals surface area contributed by atoms with Gasteiger partial charge in [-0.2, -0.15) is 0 Å². The Bertz CT molecular complexity index is 710. The second-order valence-electron chi connectivity index (χ2n) is 5.58. The van der Waals surface area contributed by atoms with Crippen molar-refractivity contribution in [1.82, 2.24) is 9.55 Å². The predicted octanol–water partition coefficient (Wildman–Crippen LogP) is 4.85. The maximum Gasteiger partial charge on any atom is 0.119 e. The van der Waals surface area contributed by atoms with Gasteiger partial charge in [-0.05, 0) is 42.0 Å². The first-order chi connectivity index (χ1) is 12.2. The maximum absolute atomic E-state index is 6.04. The monoisotopic (exact) mass is 376 g/mol. The van der Waals surface area contributed by atoms with Crippen molar-refractivity contribution in [2.45, 2.75) is 19.3 Å². The minimum atomic E-state index is -0.124. The van der Waals surface area contributed by atoms with Gasteiger partial charge in [0.25, 0.3) is 0 Å². The fraction of sp³-hybridized carbons (Fsp3) is 0.211. The zero-order valence-electron chi connectivity index (χ0n) is 13.5. The van der Waals surface area contributed by atoms with Gasteiger partial charge in [-0.3, -0.25) is 0 Å². The molecular weight excluding hydrogens is 359 g/mol. The summed E-state index contributed by atoms with van der Waals surface area (Å²) in [7, 11) is 0. The summed E-state index contributed by atoms with van der Waals surface area (Å²) in [6.07, 6.45) is 5.29. The molecule has 2 aromatic carbocycles. The number of nitrogens with zero attached hydrogens (tertiary/aromatic N) is 2. The van der Waals surface area contributed by atoms with E-state index in [0.717, 1.165) is 11.3 Å². The maximum atomic E-state index is 6.04. The van der Waals surface area contributed by atoms with Gasteiger partial charge >= 0.3 is 0 Å². The molecule has 0 aliphatic heterocycles. The van der Waals surface area contributed by atoms with Crippen LogP contribution in [0.5, 0.6) is 5.75 Å². The Balaban J connectivity index is 1.59. The molecule has 0 N–H and O–H groups in total. The van der Waals surface area contributed by atoms with Gasteiger partial charge in [0.2, 0.25) is 0 Å². The highest BCUT2D eigenvalue weighted by atomic mass is 35.5. The van der Waals surface area contributed by atoms with Crippen molar-refractivity contribution in [3.63, 3.8) is 0 Å². The fourth-order valence-electron chi connectivity index (χ4n) is 2.30. The lowest BCUT2D eigenvalue weighted by molar-refractivity contribution is -0.000549. The summed E-state index contributed by atoms with van der Waals surface area (Å²) < 4.78 is 13.9. The molecule has 0 fully saturated rings. The molecule has 0 aliphatic rings. The smallest absolute Gasteiger partial charge is 0.119 e. The fourth-order valence-corrected chi connectivity index (χ4v) is 2.55. The largest absolute Gasteiger partial charge is 0.491 e. The van der Waals surface area contributed by atoms with E-state index in [1.807, 2.05) is 47.2 Å². The van der Waals surface area contributed by atoms with Crippen LogP contribution in [0, 0.1) is 0 Å². The van der Waals surface area contributed by atoms with Gasteiger partial charge in [-0.25, -0.2) is 4.98 Å². The first-order valence-corrected chi connectivity index (χ1v) is 8.65. The molecule has 130 valence electrons. The minimum Gasteiger partial charge on any atom is -0.491 e. The Morgan fingerprint density at radius 1 is 0.960 bits per heavy atom. The minimum absolute atomic E-state index is 0.124. The van der Waals surface area contributed by atoms with Crippen LogP contribution in [-0.2, 0) is 17.9 Å². The van der Waals surface area contributed by atoms with Crippen molar-refractivity contribution in [2.75, 3.05) is 6.61 Å². The second kappa shape index (κ2) is 8.90. The lowest BCUT2D eigenvalue weighted by Gasteiger charge is -2.19. The topological polar surface area (TPSA) is 36.3 Å². The third kappa shape index (κ3) is 5.78. The summed E-state index contributed by atoms with van der Waals surface area (Å²) in [5.74, 6) is 0.759. The normalized spacial score (nSPS) is 12.1. The number of ether oxygens (including phenoxy) is 2. The van der Waals surface area contributed by atoms with Gasteiger partial charge in [-0.15, -0.1) is 0 Å². The van der Waals surface area contributed by atoms with Gasteiger partial charge in [0.05, 0.1) is 19.5 Å². The quantitative estimate of drug-likeness (QED) is 0.563. The Hall–Kier alpha value is -2.01. The zero-order valence-corrected chi connectivity index (χ0v) is 15.0. The van der Waals surface area contributed by atoms with E-state index in [9.17, 15) is 0 Å². The van der Waals surface area contributed by atoms with Crippen LogP contribution in [0.2, 0.25) is 10.0 Å². The molecule has 3 rings (SSSR count). The van der Waals surface area contributed by atoms with Crippen LogP contribution < -0.4 is 4.74 Å². The number of imidazole rings is 1. The van der Waals surface area contributed by atoms with Crippen LogP contribution in [0.3, 0.4) is 0 Å². The Morgan fingerprint density at radius 3 is 2.28 bits per heavy atom. The van der Waals surface area contributed by atoms with Crippen molar-refractivity contribution in [3.8, 4) is 5.75 Å². The van der Waals surface area contributed by atoms with E-state index in [1.165, 1.54) is 0 Å². The SMILES string of the molecule is Clc1ccc(COC(COc2ccc(Cl)cc2)Cn2ccnc2)cc1. The molecule has 0 aliphatic carbocycles. The van der Waals surface area contributed by atoms with Crippen LogP contribution in [0.15, 0.2) is 67.3 Å². The highest BCUT2D eigenvalue weighted by molar-refractivity contribution is 6.30. The average Bonchev–Trinajstić information content (AvgIpc) is 3.13. The van der Waals surface area contributed by atoms with E-state index in [-0.39, 0.29) is 6.10 Å². The third-order valence-corrected chi connectivity index (χ3v) is 4.13. The van der Waals surface area contributed by atoms with Crippen molar-refractivity contribution in [1.29, 1.82) is 0 Å². The lowest BCUT2D eigenvalue weighted by atomic mass is 10.2. The second-order valence-corrected chi connectivity index (χ2v) is 6.46. The molecule has 1 atom stereocenters. The zero-order chi connectivity index (χ0) is 17.5. The Kier molecular flexibility index (Phi) is 6.34. The molecule has 0 amide bonds. The standard InChI is InChI=1S/C19H18Cl2N2O2/c20-16-3-1-15(2-4-16)12-24-19(11-23-10-9-22-14-23)13-25-18-7-5-17(21)6-8-18/h1-10,14,19H,11-13H2. The molecule has 3 aromatic rings. The molecule has 0 radical (unpaired) electrons. The van der Waals surface area contributed by atoms with Crippen LogP contribution in [0.25, 0.3) is 0 Å². The first kappa shape index (κ1) is 17.8. The van der Waals surface area contributed by atoms with Gasteiger partial charge in [-0.1, -0.05) is 35.3 Å². The van der Waals surface area contributed by atoms with Gasteiger partial charge in [0.15, 0.2) is 0 Å². The van der Waals surface area contributed by atoms with Gasteiger partial charge in [0, 0.05) is 22.4 Å². The highest BCUT2D eigenvalue weighted by Gasteiger charge is 2.12. The molecule has 0 saturated heterocycles. The van der Waals surface area contributed by atoms with Crippen molar-refractivity contribution in [2.24, 2.45) is 0 Å². The van der Waals surface area contributed by atoms with E-state index in [0.29, 0.717) is 29.8 Å². The van der Waals surface area contributed by atoms with Crippen molar-refractivity contribution >= 4 is 23.2 Å². The molecule has 0 spiro atoms. The van der Waals surface area contributed by atoms with E-state index < -0.39 is 0 Å². The molecule has 6 heteroatoms. The molecule has 1 unspecified atom stereocenters. The summed E-state index contributed by atoms with van der Waals surface area (Å²) >= 11 is 11.8. The van der Waals surface area contributed by atoms with Crippen molar-refractivity contribution < 1.29 is 9.47 Å². The summed E-state index contributed by atoms with van der Waals surface area (Å²) in [5, 5.41) is 1.39. The van der Waals surface area contributed by atoms with Gasteiger partial charge < -0.3 is 14.0 Å². The van der Waals surface area contributed by atoms with Crippen LogP contribution in [0.4, 0.5) is 0 Å². The molecular formula is C19H18Cl2N2O2. The average molecular weight is 377 g/mol. The molecule has 0 bridgehead atoms. The van der Waals surface area contributed by atoms with E-state index in [2.05, 4.69) is 4.98 Å². The van der Waals surface area contributed by atoms with Crippen molar-refractivity contribution in [3.05, 3.63) is 82.9 Å². The molecule has 0 saturated carbocycles. The van der Waals surface area contributed by atoms with E-state index >= 15 is 0 Å². The summed E-state index contributed by atoms with van der Waals surface area (Å²) in [6.45, 7) is 1.56. The molecule has 4 nitrogen and oxygen atoms in total.